The third kappa shape index (κ3) is 5.51. The minimum Gasteiger partial charge on any atom is -0.481 e. The number of carbonyl (C=O) groups is 2. The lowest BCUT2D eigenvalue weighted by Gasteiger charge is -2.23. The van der Waals surface area contributed by atoms with Gasteiger partial charge in [0.15, 0.2) is 0 Å². The highest BCUT2D eigenvalue weighted by molar-refractivity contribution is 5.71. The summed E-state index contributed by atoms with van der Waals surface area (Å²) in [6, 6.07) is 1.33. The number of hydrogen-bond acceptors (Lipinski definition) is 6. The number of nitrogens with zero attached hydrogens (tertiary/aromatic N) is 2. The highest BCUT2D eigenvalue weighted by atomic mass is 16.6. The van der Waals surface area contributed by atoms with Gasteiger partial charge in [0.2, 0.25) is 0 Å². The number of nitrogen functional groups attached to an aromatic ring is 1. The molecule has 0 saturated carbocycles. The van der Waals surface area contributed by atoms with Crippen LogP contribution in [0.5, 0.6) is 0 Å². The number of amides is 1. The first kappa shape index (κ1) is 16.5. The number of carbonyl (C=O) groups excluding carboxylic acids is 1. The van der Waals surface area contributed by atoms with Crippen molar-refractivity contribution in [1.29, 1.82) is 0 Å². The Labute approximate surface area is 120 Å². The van der Waals surface area contributed by atoms with E-state index >= 15 is 0 Å². The van der Waals surface area contributed by atoms with Crippen molar-refractivity contribution in [2.45, 2.75) is 39.0 Å². The van der Waals surface area contributed by atoms with Crippen LogP contribution < -0.4 is 16.7 Å². The Bertz CT molecular complexity index is 590. The first-order valence-corrected chi connectivity index (χ1v) is 6.14. The number of ether oxygens (including phenoxy) is 1. The Morgan fingerprint density at radius 1 is 1.52 bits per heavy atom. The maximum atomic E-state index is 11.7. The molecule has 0 aromatic carbocycles. The topological polar surface area (TPSA) is 137 Å². The van der Waals surface area contributed by atoms with Gasteiger partial charge in [-0.3, -0.25) is 9.36 Å². The number of anilines is 1. The van der Waals surface area contributed by atoms with E-state index in [4.69, 9.17) is 15.6 Å². The quantitative estimate of drug-likeness (QED) is 0.728. The van der Waals surface area contributed by atoms with Crippen molar-refractivity contribution in [3.8, 4) is 0 Å². The molecule has 0 spiro atoms. The van der Waals surface area contributed by atoms with E-state index in [1.54, 1.807) is 20.8 Å². The average Bonchev–Trinajstić information content (AvgIpc) is 2.24. The number of hydrogen-bond donors (Lipinski definition) is 3. The molecular weight excluding hydrogens is 280 g/mol. The molecule has 21 heavy (non-hydrogen) atoms. The zero-order valence-electron chi connectivity index (χ0n) is 12.0. The minimum absolute atomic E-state index is 0.00240. The Kier molecular flexibility index (Phi) is 4.90. The van der Waals surface area contributed by atoms with Crippen LogP contribution in [0.25, 0.3) is 0 Å². The van der Waals surface area contributed by atoms with Gasteiger partial charge in [0, 0.05) is 6.20 Å². The van der Waals surface area contributed by atoms with Crippen molar-refractivity contribution in [1.82, 2.24) is 14.9 Å². The fourth-order valence-electron chi connectivity index (χ4n) is 1.49. The lowest BCUT2D eigenvalue weighted by atomic mass is 10.2. The lowest BCUT2D eigenvalue weighted by Crippen LogP contribution is -2.42. The summed E-state index contributed by atoms with van der Waals surface area (Å²) >= 11 is 0. The summed E-state index contributed by atoms with van der Waals surface area (Å²) in [5.74, 6) is -1.19. The molecule has 0 aliphatic heterocycles. The molecule has 1 aromatic rings. The van der Waals surface area contributed by atoms with E-state index < -0.39 is 35.9 Å². The summed E-state index contributed by atoms with van der Waals surface area (Å²) < 4.78 is 6.00. The smallest absolute Gasteiger partial charge is 0.409 e. The Balaban J connectivity index is 2.98. The van der Waals surface area contributed by atoms with E-state index in [1.165, 1.54) is 12.3 Å². The van der Waals surface area contributed by atoms with Crippen LogP contribution >= 0.6 is 0 Å². The maximum Gasteiger partial charge on any atom is 0.409 e. The number of rotatable bonds is 4. The molecule has 1 unspecified atom stereocenters. The molecule has 0 fully saturated rings. The van der Waals surface area contributed by atoms with Crippen molar-refractivity contribution >= 4 is 17.9 Å². The van der Waals surface area contributed by atoms with Crippen molar-refractivity contribution in [2.24, 2.45) is 0 Å². The maximum absolute atomic E-state index is 11.7. The summed E-state index contributed by atoms with van der Waals surface area (Å²) in [7, 11) is 0. The third-order valence-corrected chi connectivity index (χ3v) is 2.24. The molecule has 0 radical (unpaired) electrons. The normalized spacial score (nSPS) is 12.5. The highest BCUT2D eigenvalue weighted by Crippen LogP contribution is 2.10. The van der Waals surface area contributed by atoms with E-state index in [9.17, 15) is 14.4 Å². The van der Waals surface area contributed by atoms with Gasteiger partial charge in [-0.15, -0.1) is 0 Å². The molecule has 0 aliphatic rings. The van der Waals surface area contributed by atoms with Gasteiger partial charge >= 0.3 is 17.8 Å². The predicted molar refractivity (Wildman–Crippen MR) is 73.6 cm³/mol. The van der Waals surface area contributed by atoms with Crippen LogP contribution in [0, 0.1) is 0 Å². The van der Waals surface area contributed by atoms with Gasteiger partial charge in [-0.25, -0.2) is 9.59 Å². The van der Waals surface area contributed by atoms with Crippen LogP contribution in [0.15, 0.2) is 17.1 Å². The first-order valence-electron chi connectivity index (χ1n) is 6.14. The summed E-state index contributed by atoms with van der Waals surface area (Å²) in [6.07, 6.45) is -1.21. The zero-order valence-corrected chi connectivity index (χ0v) is 12.0. The van der Waals surface area contributed by atoms with E-state index in [2.05, 4.69) is 10.3 Å². The van der Waals surface area contributed by atoms with Crippen LogP contribution in [-0.2, 0) is 9.53 Å². The van der Waals surface area contributed by atoms with Gasteiger partial charge < -0.3 is 20.9 Å². The molecule has 1 heterocycles. The van der Waals surface area contributed by atoms with Crippen molar-refractivity contribution in [3.63, 3.8) is 0 Å². The molecule has 0 saturated heterocycles. The number of carboxylic acid groups (broad SMARTS) is 1. The van der Waals surface area contributed by atoms with Crippen LogP contribution in [-0.4, -0.2) is 32.3 Å². The van der Waals surface area contributed by atoms with Crippen LogP contribution in [0.1, 0.15) is 33.4 Å². The molecule has 116 valence electrons. The van der Waals surface area contributed by atoms with Gasteiger partial charge in [-0.1, -0.05) is 0 Å². The second-order valence-electron chi connectivity index (χ2n) is 5.30. The fraction of sp³-hybridized carbons (Fsp3) is 0.500. The number of carboxylic acids is 1. The lowest BCUT2D eigenvalue weighted by molar-refractivity contribution is -0.138. The fourth-order valence-corrected chi connectivity index (χ4v) is 1.49. The number of alkyl carbamates (subject to hydrolysis) is 1. The number of aromatic nitrogens is 2. The SMILES string of the molecule is CC(C)(C)OC(=O)NC(CC(=O)O)n1ccc(N)nc1=O. The molecular formula is C12H18N4O5. The average molecular weight is 298 g/mol. The molecule has 0 bridgehead atoms. The Morgan fingerprint density at radius 2 is 2.14 bits per heavy atom. The summed E-state index contributed by atoms with van der Waals surface area (Å²) in [6.45, 7) is 4.99. The minimum atomic E-state index is -1.19. The summed E-state index contributed by atoms with van der Waals surface area (Å²) in [5, 5.41) is 11.2. The van der Waals surface area contributed by atoms with Gasteiger partial charge in [0.25, 0.3) is 0 Å². The van der Waals surface area contributed by atoms with E-state index in [0.29, 0.717) is 0 Å². The summed E-state index contributed by atoms with van der Waals surface area (Å²) in [4.78, 5) is 37.8. The van der Waals surface area contributed by atoms with Crippen LogP contribution in [0.3, 0.4) is 0 Å². The number of nitrogens with one attached hydrogen (secondary N) is 1. The van der Waals surface area contributed by atoms with Crippen LogP contribution in [0.2, 0.25) is 0 Å². The van der Waals surface area contributed by atoms with Gasteiger partial charge in [0.1, 0.15) is 17.6 Å². The molecule has 1 atom stereocenters. The van der Waals surface area contributed by atoms with E-state index in [1.807, 2.05) is 0 Å². The standard InChI is InChI=1S/C12H18N4O5/c1-12(2,3)21-11(20)15-8(6-9(17)18)16-5-4-7(13)14-10(16)19/h4-5,8H,6H2,1-3H3,(H,15,20)(H,17,18)(H2,13,14,19). The summed E-state index contributed by atoms with van der Waals surface area (Å²) in [5.41, 5.74) is 3.85. The Morgan fingerprint density at radius 3 is 2.62 bits per heavy atom. The molecule has 9 nitrogen and oxygen atoms in total. The largest absolute Gasteiger partial charge is 0.481 e. The predicted octanol–water partition coefficient (Wildman–Crippen LogP) is 0.324. The molecule has 1 amide bonds. The first-order chi connectivity index (χ1) is 9.58. The van der Waals surface area contributed by atoms with Crippen molar-refractivity contribution in [3.05, 3.63) is 22.7 Å². The van der Waals surface area contributed by atoms with Crippen molar-refractivity contribution < 1.29 is 19.4 Å². The molecule has 9 heteroatoms. The molecule has 0 aliphatic carbocycles. The Hall–Kier alpha value is -2.58. The second kappa shape index (κ2) is 6.25. The van der Waals surface area contributed by atoms with E-state index in [0.717, 1.165) is 4.57 Å². The van der Waals surface area contributed by atoms with Gasteiger partial charge in [-0.2, -0.15) is 4.98 Å². The second-order valence-corrected chi connectivity index (χ2v) is 5.30. The van der Waals surface area contributed by atoms with Crippen LogP contribution in [0.4, 0.5) is 10.6 Å². The number of aliphatic carboxylic acids is 1. The highest BCUT2D eigenvalue weighted by Gasteiger charge is 2.23. The van der Waals surface area contributed by atoms with Crippen molar-refractivity contribution in [2.75, 3.05) is 5.73 Å². The monoisotopic (exact) mass is 298 g/mol. The third-order valence-electron chi connectivity index (χ3n) is 2.24. The molecule has 1 rings (SSSR count). The molecule has 4 N–H and O–H groups in total. The van der Waals surface area contributed by atoms with Gasteiger partial charge in [-0.05, 0) is 26.8 Å². The zero-order chi connectivity index (χ0) is 16.2. The van der Waals surface area contributed by atoms with E-state index in [-0.39, 0.29) is 5.82 Å². The number of nitrogens with two attached hydrogens (primary N) is 1. The van der Waals surface area contributed by atoms with Gasteiger partial charge in [0.05, 0.1) is 6.42 Å². The molecule has 1 aromatic heterocycles.